The summed E-state index contributed by atoms with van der Waals surface area (Å²) in [5.74, 6) is 0.743. The smallest absolute Gasteiger partial charge is 0.872 e. The number of ether oxygens (including phenoxy) is 1. The number of aryl methyl sites for hydroxylation is 1. The maximum Gasteiger partial charge on any atom is 1.00 e. The standard InChI is InChI=1S/C20H26O5S.K/c1-2-3-4-5-6-7-9-16-14-19(26(22,23)24)12-13-20(16)25-18-11-8-10-17(21)15-18;/h8,10-15,21H,2-7,9H2,1H3,(H,22,23,24);/q;+1/p-1. The van der Waals surface area contributed by atoms with E-state index in [4.69, 9.17) is 4.74 Å². The van der Waals surface area contributed by atoms with Crippen LogP contribution in [0.25, 0.3) is 0 Å². The third-order valence-corrected chi connectivity index (χ3v) is 5.01. The van der Waals surface area contributed by atoms with Crippen LogP contribution in [0.5, 0.6) is 17.2 Å². The average Bonchev–Trinajstić information content (AvgIpc) is 2.58. The Labute approximate surface area is 204 Å². The van der Waals surface area contributed by atoms with E-state index in [9.17, 15) is 18.1 Å². The molecule has 0 atom stereocenters. The van der Waals surface area contributed by atoms with Crippen LogP contribution in [-0.4, -0.2) is 13.0 Å². The Morgan fingerprint density at radius 1 is 1.00 bits per heavy atom. The van der Waals surface area contributed by atoms with Crippen LogP contribution in [0.3, 0.4) is 0 Å². The number of hydrogen-bond acceptors (Lipinski definition) is 4. The zero-order valence-electron chi connectivity index (χ0n) is 16.0. The second-order valence-electron chi connectivity index (χ2n) is 6.34. The van der Waals surface area contributed by atoms with Gasteiger partial charge in [-0.2, -0.15) is 8.42 Å². The average molecular weight is 417 g/mol. The number of rotatable bonds is 10. The Bertz CT molecular complexity index is 821. The molecule has 5 nitrogen and oxygen atoms in total. The van der Waals surface area contributed by atoms with Crippen molar-refractivity contribution in [1.82, 2.24) is 0 Å². The van der Waals surface area contributed by atoms with E-state index in [-0.39, 0.29) is 62.0 Å². The molecule has 0 saturated carbocycles. The van der Waals surface area contributed by atoms with Crippen molar-refractivity contribution < 1.29 is 74.2 Å². The van der Waals surface area contributed by atoms with Crippen molar-refractivity contribution in [2.45, 2.75) is 56.8 Å². The van der Waals surface area contributed by atoms with E-state index in [2.05, 4.69) is 6.92 Å². The molecule has 0 saturated heterocycles. The molecule has 0 unspecified atom stereocenters. The predicted molar refractivity (Wildman–Crippen MR) is 99.3 cm³/mol. The first-order chi connectivity index (χ1) is 12.4. The molecule has 0 spiro atoms. The molecule has 0 aliphatic heterocycles. The molecule has 2 aromatic rings. The van der Waals surface area contributed by atoms with Gasteiger partial charge in [-0.15, -0.1) is 5.75 Å². The van der Waals surface area contributed by atoms with Gasteiger partial charge in [0.05, 0.1) is 4.90 Å². The molecule has 142 valence electrons. The van der Waals surface area contributed by atoms with E-state index in [1.807, 2.05) is 0 Å². The van der Waals surface area contributed by atoms with Gasteiger partial charge in [0.25, 0.3) is 10.1 Å². The fourth-order valence-corrected chi connectivity index (χ4v) is 3.30. The molecule has 0 radical (unpaired) electrons. The molecular formula is C20H25KO5S. The largest absolute Gasteiger partial charge is 1.00 e. The summed E-state index contributed by atoms with van der Waals surface area (Å²) in [5.41, 5.74) is 0.701. The molecule has 7 heteroatoms. The van der Waals surface area contributed by atoms with E-state index in [0.29, 0.717) is 23.5 Å². The van der Waals surface area contributed by atoms with Crippen LogP contribution < -0.4 is 61.2 Å². The summed E-state index contributed by atoms with van der Waals surface area (Å²) in [6.45, 7) is 2.17. The summed E-state index contributed by atoms with van der Waals surface area (Å²) in [6.07, 6.45) is 7.33. The van der Waals surface area contributed by atoms with Crippen LogP contribution in [0.4, 0.5) is 0 Å². The summed E-state index contributed by atoms with van der Waals surface area (Å²) >= 11 is 0. The number of unbranched alkanes of at least 4 members (excludes halogenated alkanes) is 5. The van der Waals surface area contributed by atoms with E-state index in [1.165, 1.54) is 49.6 Å². The molecule has 0 aromatic heterocycles. The normalized spacial score (nSPS) is 11.0. The summed E-state index contributed by atoms with van der Waals surface area (Å²) in [6, 6.07) is 10.4. The van der Waals surface area contributed by atoms with E-state index in [1.54, 1.807) is 12.1 Å². The van der Waals surface area contributed by atoms with Crippen LogP contribution in [0, 0.1) is 0 Å². The SMILES string of the molecule is CCCCCCCCc1cc(S(=O)(=O)O)ccc1Oc1cccc([O-])c1.[K+]. The van der Waals surface area contributed by atoms with E-state index < -0.39 is 10.1 Å². The minimum Gasteiger partial charge on any atom is -0.872 e. The van der Waals surface area contributed by atoms with Crippen LogP contribution in [0.15, 0.2) is 47.4 Å². The van der Waals surface area contributed by atoms with Gasteiger partial charge in [0.15, 0.2) is 0 Å². The number of benzene rings is 2. The summed E-state index contributed by atoms with van der Waals surface area (Å²) in [5, 5.41) is 11.5. The van der Waals surface area contributed by atoms with Crippen molar-refractivity contribution in [3.05, 3.63) is 48.0 Å². The predicted octanol–water partition coefficient (Wildman–Crippen LogP) is 1.71. The van der Waals surface area contributed by atoms with Gasteiger partial charge in [-0.3, -0.25) is 4.55 Å². The van der Waals surface area contributed by atoms with Gasteiger partial charge < -0.3 is 9.84 Å². The molecule has 27 heavy (non-hydrogen) atoms. The Hall–Kier alpha value is -0.414. The fraction of sp³-hybridized carbons (Fsp3) is 0.400. The Balaban J connectivity index is 0.00000364. The first-order valence-corrected chi connectivity index (χ1v) is 10.4. The van der Waals surface area contributed by atoms with Gasteiger partial charge in [0, 0.05) is 0 Å². The Morgan fingerprint density at radius 3 is 2.37 bits per heavy atom. The van der Waals surface area contributed by atoms with Gasteiger partial charge in [-0.05, 0) is 48.7 Å². The Morgan fingerprint density at radius 2 is 1.70 bits per heavy atom. The first kappa shape index (κ1) is 24.6. The van der Waals surface area contributed by atoms with Gasteiger partial charge in [-0.1, -0.05) is 51.2 Å². The quantitative estimate of drug-likeness (QED) is 0.362. The van der Waals surface area contributed by atoms with E-state index >= 15 is 0 Å². The monoisotopic (exact) mass is 416 g/mol. The van der Waals surface area contributed by atoms with Gasteiger partial charge in [0.2, 0.25) is 0 Å². The second-order valence-corrected chi connectivity index (χ2v) is 7.76. The zero-order chi connectivity index (χ0) is 19.0. The van der Waals surface area contributed by atoms with Gasteiger partial charge >= 0.3 is 51.4 Å². The fourth-order valence-electron chi connectivity index (χ4n) is 2.77. The summed E-state index contributed by atoms with van der Waals surface area (Å²) in [4.78, 5) is -0.150. The molecule has 0 heterocycles. The van der Waals surface area contributed by atoms with Crippen LogP contribution in [0.2, 0.25) is 0 Å². The van der Waals surface area contributed by atoms with Crippen molar-refractivity contribution in [2.75, 3.05) is 0 Å². The molecule has 0 amide bonds. The maximum atomic E-state index is 11.5. The summed E-state index contributed by atoms with van der Waals surface area (Å²) in [7, 11) is -4.27. The molecule has 0 aliphatic carbocycles. The molecule has 2 aromatic carbocycles. The van der Waals surface area contributed by atoms with Crippen LogP contribution in [0.1, 0.15) is 51.0 Å². The minimum absolute atomic E-state index is 0. The number of hydrogen-bond donors (Lipinski definition) is 1. The molecule has 0 aliphatic rings. The topological polar surface area (TPSA) is 86.7 Å². The van der Waals surface area contributed by atoms with Crippen LogP contribution >= 0.6 is 0 Å². The molecule has 2 rings (SSSR count). The van der Waals surface area contributed by atoms with Crippen molar-refractivity contribution in [2.24, 2.45) is 0 Å². The second kappa shape index (κ2) is 12.2. The molecule has 0 bridgehead atoms. The molecule has 1 N–H and O–H groups in total. The third-order valence-electron chi connectivity index (χ3n) is 4.16. The molecule has 0 fully saturated rings. The minimum atomic E-state index is -4.27. The molecular weight excluding hydrogens is 391 g/mol. The van der Waals surface area contributed by atoms with Crippen molar-refractivity contribution in [3.8, 4) is 17.2 Å². The van der Waals surface area contributed by atoms with Crippen molar-refractivity contribution in [3.63, 3.8) is 0 Å². The van der Waals surface area contributed by atoms with Crippen molar-refractivity contribution >= 4 is 10.1 Å². The van der Waals surface area contributed by atoms with E-state index in [0.717, 1.165) is 19.3 Å². The van der Waals surface area contributed by atoms with Gasteiger partial charge in [0.1, 0.15) is 11.5 Å². The van der Waals surface area contributed by atoms with Crippen LogP contribution in [-0.2, 0) is 16.5 Å². The van der Waals surface area contributed by atoms with Crippen molar-refractivity contribution in [1.29, 1.82) is 0 Å². The first-order valence-electron chi connectivity index (χ1n) is 8.95. The van der Waals surface area contributed by atoms with Gasteiger partial charge in [-0.25, -0.2) is 0 Å². The summed E-state index contributed by atoms with van der Waals surface area (Å²) < 4.78 is 37.9. The zero-order valence-corrected chi connectivity index (χ0v) is 19.9. The maximum absolute atomic E-state index is 11.5. The Kier molecular flexibility index (Phi) is 11.1. The third kappa shape index (κ3) is 8.64.